The maximum absolute atomic E-state index is 13.5. The molecule has 8 aromatic rings. The lowest BCUT2D eigenvalue weighted by Crippen LogP contribution is -2.46. The second-order valence-electron chi connectivity index (χ2n) is 23.7. The van der Waals surface area contributed by atoms with Crippen molar-refractivity contribution in [2.24, 2.45) is 22.5 Å². The van der Waals surface area contributed by atoms with E-state index in [1.165, 1.54) is 26.7 Å². The molecule has 14 rings (SSSR count). The highest BCUT2D eigenvalue weighted by Gasteiger charge is 2.63. The lowest BCUT2D eigenvalue weighted by Gasteiger charge is -2.31. The molecule has 0 fully saturated rings. The summed E-state index contributed by atoms with van der Waals surface area (Å²) in [5.74, 6) is 0.947. The van der Waals surface area contributed by atoms with E-state index in [4.69, 9.17) is 52.3 Å². The Bertz CT molecular complexity index is 3690. The van der Waals surface area contributed by atoms with Crippen LogP contribution in [0.2, 0.25) is 0 Å². The Hall–Kier alpha value is -9.24. The molecule has 4 aromatic carbocycles. The molecule has 8 bridgehead atoms. The van der Waals surface area contributed by atoms with Crippen molar-refractivity contribution in [2.75, 3.05) is 24.9 Å². The van der Waals surface area contributed by atoms with Crippen molar-refractivity contribution < 1.29 is 57.2 Å². The van der Waals surface area contributed by atoms with Gasteiger partial charge in [-0.2, -0.15) is 0 Å². The molecular weight excluding hydrogens is 1050 g/mol. The number of nitrogens with zero attached hydrogens (tertiary/aromatic N) is 4. The Morgan fingerprint density at radius 2 is 1.04 bits per heavy atom. The molecular formula is C61H61N9O12. The minimum atomic E-state index is -1.00. The van der Waals surface area contributed by atoms with Crippen molar-refractivity contribution in [3.8, 4) is 34.7 Å². The first-order chi connectivity index (χ1) is 39.2. The van der Waals surface area contributed by atoms with Crippen LogP contribution in [-0.2, 0) is 42.7 Å². The molecule has 6 aliphatic heterocycles. The molecule has 6 aliphatic rings. The molecule has 21 heteroatoms. The molecule has 0 unspecified atom stereocenters. The SMILES string of the molecule is COC(=O)c1coc(-c2nc3oc2[C@@]24c5ccccc5N[C@@H]2Oc2ccc(cc24)C[C@H](C)C(=O)N[C@H]3C(C)(C)C)n1.COC(=O)c1coc(-c2nc3oc2[C@@]24c5ccccc5N[C@@H]2Oc2ccc(cc24)C[C@H](N)C(=O)N[C@H]3C(C)(C)C)n1.[HH]. The Morgan fingerprint density at radius 1 is 0.598 bits per heavy atom. The van der Waals surface area contributed by atoms with Crippen LogP contribution in [0, 0.1) is 16.7 Å². The summed E-state index contributed by atoms with van der Waals surface area (Å²) >= 11 is 0. The summed E-state index contributed by atoms with van der Waals surface area (Å²) in [5, 5.41) is 13.3. The highest BCUT2D eigenvalue weighted by atomic mass is 16.5. The smallest absolute Gasteiger partial charge is 0.360 e. The zero-order valence-corrected chi connectivity index (χ0v) is 46.4. The Morgan fingerprint density at radius 3 is 1.49 bits per heavy atom. The number of hydrogen-bond acceptors (Lipinski definition) is 19. The highest BCUT2D eigenvalue weighted by molar-refractivity contribution is 5.88. The second-order valence-corrected chi connectivity index (χ2v) is 23.7. The maximum atomic E-state index is 13.5. The monoisotopic (exact) mass is 1110 g/mol. The van der Waals surface area contributed by atoms with E-state index in [-0.39, 0.29) is 53.9 Å². The summed E-state index contributed by atoms with van der Waals surface area (Å²) in [4.78, 5) is 70.0. The van der Waals surface area contributed by atoms with E-state index in [9.17, 15) is 19.2 Å². The predicted octanol–water partition coefficient (Wildman–Crippen LogP) is 8.92. The average Bonchev–Trinajstić information content (AvgIpc) is 1.59. The third-order valence-corrected chi connectivity index (χ3v) is 16.3. The van der Waals surface area contributed by atoms with Crippen LogP contribution in [0.5, 0.6) is 11.5 Å². The number of fused-ring (bicyclic) bond motifs is 8. The van der Waals surface area contributed by atoms with Gasteiger partial charge in [0.2, 0.25) is 35.4 Å². The Labute approximate surface area is 471 Å². The van der Waals surface area contributed by atoms with Crippen LogP contribution < -0.4 is 36.5 Å². The van der Waals surface area contributed by atoms with Gasteiger partial charge in [-0.25, -0.2) is 29.5 Å². The van der Waals surface area contributed by atoms with Gasteiger partial charge in [-0.05, 0) is 70.2 Å². The fraction of sp³-hybridized carbons (Fsp3) is 0.344. The second kappa shape index (κ2) is 18.7. The van der Waals surface area contributed by atoms with Crippen molar-refractivity contribution in [3.05, 3.63) is 166 Å². The molecule has 8 atom stereocenters. The van der Waals surface area contributed by atoms with E-state index in [0.717, 1.165) is 44.8 Å². The molecule has 0 aliphatic carbocycles. The molecule has 6 N–H and O–H groups in total. The van der Waals surface area contributed by atoms with Crippen LogP contribution in [-0.4, -0.2) is 76.4 Å². The fourth-order valence-electron chi connectivity index (χ4n) is 12.2. The van der Waals surface area contributed by atoms with Gasteiger partial charge in [0.15, 0.2) is 46.8 Å². The third-order valence-electron chi connectivity index (χ3n) is 16.3. The number of esters is 2. The normalized spacial score (nSPS) is 24.2. The van der Waals surface area contributed by atoms with Crippen LogP contribution >= 0.6 is 0 Å². The standard InChI is InChI=1S/C31H30N4O6.C30H29N5O6.H2/c1-15-12-16-10-11-21-18(13-16)31(17-8-6-7-9-19(17)33-29(31)40-21)24-22(26-32-20(14-39-26)28(37)38-5)34-27(41-24)23(30(2,3)4)35-25(15)36;1-29(2,3)22-26-34-21(25-32-19(13-39-25)27(37)38-4)23(41-26)30-15-7-5-6-8-18(15)33-28(30)40-20-10-9-14(11-16(20)30)12-17(31)24(36)35-22;/h6-11,13-15,23,29,33H,12H2,1-5H3,(H,35,36);5-11,13,17,22,28,33H,12,31H2,1-4H3,(H,35,36);1H/t15-,23+,29+,31-;17-,22+,28+,30-;/m00./s1. The molecule has 2 spiro atoms. The zero-order chi connectivity index (χ0) is 57.4. The van der Waals surface area contributed by atoms with E-state index in [1.54, 1.807) is 0 Å². The number of oxazole rings is 4. The van der Waals surface area contributed by atoms with Gasteiger partial charge in [-0.1, -0.05) is 109 Å². The molecule has 0 radical (unpaired) electrons. The number of ether oxygens (including phenoxy) is 4. The van der Waals surface area contributed by atoms with Gasteiger partial charge in [-0.3, -0.25) is 9.59 Å². The van der Waals surface area contributed by atoms with E-state index >= 15 is 0 Å². The molecule has 2 amide bonds. The minimum absolute atomic E-state index is 0. The van der Waals surface area contributed by atoms with Gasteiger partial charge in [0.1, 0.15) is 46.9 Å². The first-order valence-electron chi connectivity index (χ1n) is 27.0. The number of nitrogens with one attached hydrogen (secondary N) is 4. The van der Waals surface area contributed by atoms with Crippen molar-refractivity contribution in [2.45, 2.75) is 103 Å². The van der Waals surface area contributed by atoms with E-state index in [0.29, 0.717) is 47.4 Å². The van der Waals surface area contributed by atoms with Gasteiger partial charge in [0.25, 0.3) is 0 Å². The Kier molecular flexibility index (Phi) is 11.9. The first-order valence-corrected chi connectivity index (χ1v) is 27.0. The van der Waals surface area contributed by atoms with Crippen molar-refractivity contribution in [1.82, 2.24) is 30.6 Å². The Balaban J connectivity index is 0.000000162. The van der Waals surface area contributed by atoms with Gasteiger partial charge < -0.3 is 63.6 Å². The van der Waals surface area contributed by atoms with Gasteiger partial charge in [0, 0.05) is 29.8 Å². The molecule has 82 heavy (non-hydrogen) atoms. The van der Waals surface area contributed by atoms with Crippen LogP contribution in [0.3, 0.4) is 0 Å². The van der Waals surface area contributed by atoms with Crippen LogP contribution in [0.25, 0.3) is 23.2 Å². The number of nitrogens with two attached hydrogens (primary N) is 1. The van der Waals surface area contributed by atoms with E-state index in [1.807, 2.05) is 127 Å². The summed E-state index contributed by atoms with van der Waals surface area (Å²) in [6.45, 7) is 13.9. The highest BCUT2D eigenvalue weighted by Crippen LogP contribution is 2.61. The third kappa shape index (κ3) is 7.90. The van der Waals surface area contributed by atoms with Crippen LogP contribution in [0.1, 0.15) is 140 Å². The first kappa shape index (κ1) is 52.2. The summed E-state index contributed by atoms with van der Waals surface area (Å²) < 4.78 is 47.9. The van der Waals surface area contributed by atoms with Gasteiger partial charge >= 0.3 is 11.9 Å². The van der Waals surface area contributed by atoms with E-state index < -0.39 is 64.2 Å². The molecule has 422 valence electrons. The molecule has 21 nitrogen and oxygen atoms in total. The van der Waals surface area contributed by atoms with Gasteiger partial charge in [-0.15, -0.1) is 0 Å². The number of methoxy groups -OCH3 is 2. The number of hydrogen-bond donors (Lipinski definition) is 5. The van der Waals surface area contributed by atoms with E-state index in [2.05, 4.69) is 37.3 Å². The molecule has 0 saturated heterocycles. The number of benzene rings is 4. The summed E-state index contributed by atoms with van der Waals surface area (Å²) in [6, 6.07) is 25.7. The van der Waals surface area contributed by atoms with Crippen molar-refractivity contribution >= 4 is 35.1 Å². The number of aromatic nitrogens is 4. The summed E-state index contributed by atoms with van der Waals surface area (Å²) in [6.07, 6.45) is 2.20. The largest absolute Gasteiger partial charge is 0.469 e. The number of carbonyl (C=O) groups excluding carboxylic acids is 4. The number of rotatable bonds is 4. The van der Waals surface area contributed by atoms with Crippen LogP contribution in [0.15, 0.2) is 115 Å². The van der Waals surface area contributed by atoms with Crippen molar-refractivity contribution in [1.29, 1.82) is 0 Å². The number of amides is 2. The lowest BCUT2D eigenvalue weighted by atomic mass is 9.72. The molecule has 0 saturated carbocycles. The number of anilines is 2. The predicted molar refractivity (Wildman–Crippen MR) is 296 cm³/mol. The lowest BCUT2D eigenvalue weighted by molar-refractivity contribution is -0.126. The molecule has 4 aromatic heterocycles. The van der Waals surface area contributed by atoms with Gasteiger partial charge in [0.05, 0.1) is 20.3 Å². The molecule has 10 heterocycles. The summed E-state index contributed by atoms with van der Waals surface area (Å²) in [7, 11) is 2.55. The maximum Gasteiger partial charge on any atom is 0.360 e. The quantitative estimate of drug-likeness (QED) is 0.103. The minimum Gasteiger partial charge on any atom is -0.469 e. The fourth-order valence-corrected chi connectivity index (χ4v) is 12.2. The van der Waals surface area contributed by atoms with Crippen LogP contribution in [0.4, 0.5) is 11.4 Å². The topological polar surface area (TPSA) is 283 Å². The number of carbonyl (C=O) groups is 4. The average molecular weight is 1110 g/mol. The summed E-state index contributed by atoms with van der Waals surface area (Å²) in [5.41, 5.74) is 11.3. The number of para-hydroxylation sites is 2. The zero-order valence-electron chi connectivity index (χ0n) is 46.4. The van der Waals surface area contributed by atoms with Crippen molar-refractivity contribution in [3.63, 3.8) is 0 Å².